The van der Waals surface area contributed by atoms with E-state index in [1.54, 1.807) is 24.1 Å². The Bertz CT molecular complexity index is 1540. The number of hydrogen-bond donors (Lipinski definition) is 3. The molecule has 2 aliphatic heterocycles. The van der Waals surface area contributed by atoms with E-state index in [2.05, 4.69) is 25.7 Å². The minimum Gasteiger partial charge on any atom is -0.460 e. The molecule has 14 heteroatoms. The minimum absolute atomic E-state index is 0.00272. The highest BCUT2D eigenvalue weighted by molar-refractivity contribution is 6.34. The molecular weight excluding hydrogens is 605 g/mol. The molecule has 0 spiro atoms. The number of imidazole rings is 1. The minimum atomic E-state index is -1.21. The van der Waals surface area contributed by atoms with E-state index in [-0.39, 0.29) is 56.5 Å². The highest BCUT2D eigenvalue weighted by Gasteiger charge is 2.30. The molecule has 2 fully saturated rings. The van der Waals surface area contributed by atoms with Gasteiger partial charge in [-0.15, -0.1) is 0 Å². The van der Waals surface area contributed by atoms with E-state index in [4.69, 9.17) is 23.2 Å². The Morgan fingerprint density at radius 1 is 1.14 bits per heavy atom. The van der Waals surface area contributed by atoms with Gasteiger partial charge in [0, 0.05) is 49.9 Å². The van der Waals surface area contributed by atoms with Gasteiger partial charge in [0.25, 0.3) is 11.8 Å². The van der Waals surface area contributed by atoms with Crippen molar-refractivity contribution in [2.45, 2.75) is 25.3 Å². The van der Waals surface area contributed by atoms with E-state index in [1.807, 2.05) is 0 Å². The number of hydrogen-bond acceptors (Lipinski definition) is 6. The molecule has 3 amide bonds. The lowest BCUT2D eigenvalue weighted by Gasteiger charge is -2.32. The Morgan fingerprint density at radius 2 is 1.91 bits per heavy atom. The molecule has 2 aromatic carbocycles. The summed E-state index contributed by atoms with van der Waals surface area (Å²) in [6.45, 7) is 1.36. The Hall–Kier alpha value is -3.74. The maximum Gasteiger partial charge on any atom is 0.291 e. The number of aromatic nitrogens is 2. The summed E-state index contributed by atoms with van der Waals surface area (Å²) < 4.78 is 33.0. The first-order chi connectivity index (χ1) is 20.7. The number of likely N-dealkylation sites (tertiary alicyclic amines) is 1. The summed E-state index contributed by atoms with van der Waals surface area (Å²) >= 11 is 12.6. The summed E-state index contributed by atoms with van der Waals surface area (Å²) in [5.41, 5.74) is 1.21. The van der Waals surface area contributed by atoms with Crippen molar-refractivity contribution in [3.05, 3.63) is 63.8 Å². The lowest BCUT2D eigenvalue weighted by Crippen LogP contribution is -2.45. The van der Waals surface area contributed by atoms with Crippen LogP contribution in [0.3, 0.4) is 0 Å². The third kappa shape index (κ3) is 6.61. The number of carbonyl (C=O) groups excluding carboxylic acids is 3. The molecule has 0 aliphatic carbocycles. The Labute approximate surface area is 256 Å². The van der Waals surface area contributed by atoms with Crippen LogP contribution >= 0.6 is 23.2 Å². The number of ether oxygens (including phenoxy) is 1. The molecule has 3 N–H and O–H groups in total. The van der Waals surface area contributed by atoms with Gasteiger partial charge in [0.05, 0.1) is 27.5 Å². The van der Waals surface area contributed by atoms with Crippen LogP contribution in [0.1, 0.15) is 40.2 Å². The summed E-state index contributed by atoms with van der Waals surface area (Å²) in [5, 5.41) is 8.88. The maximum atomic E-state index is 14.5. The quantitative estimate of drug-likeness (QED) is 0.338. The number of nitrogens with zero attached hydrogens (tertiary/aromatic N) is 3. The zero-order valence-electron chi connectivity index (χ0n) is 23.3. The zero-order valence-corrected chi connectivity index (χ0v) is 24.8. The molecule has 228 valence electrons. The van der Waals surface area contributed by atoms with Gasteiger partial charge >= 0.3 is 0 Å². The van der Waals surface area contributed by atoms with Gasteiger partial charge in [0.2, 0.25) is 12.8 Å². The first-order valence-corrected chi connectivity index (χ1v) is 14.5. The first kappa shape index (κ1) is 30.7. The lowest BCUT2D eigenvalue weighted by atomic mass is 9.95. The molecule has 0 bridgehead atoms. The predicted octanol–water partition coefficient (Wildman–Crippen LogP) is 4.42. The lowest BCUT2D eigenvalue weighted by molar-refractivity contribution is -0.126. The standard InChI is InChI=1S/C29H30Cl2F2N6O4/c1-38-22(20-4-5-23(43-15-32)25(33)24(20)31)14-35-26(38)28(41)36-17-2-3-19(21(30)12-17)29(42)39-10-7-16(8-11-39)27(40)37-18-6-9-34-13-18/h2-5,12,14,16,18,34H,6-11,13,15H2,1H3,(H,36,41)(H,37,40)/t18-/m0/s1. The van der Waals surface area contributed by atoms with Crippen molar-refractivity contribution in [3.8, 4) is 17.0 Å². The normalized spacial score (nSPS) is 17.1. The van der Waals surface area contributed by atoms with Crippen LogP contribution in [-0.4, -0.2) is 71.3 Å². The zero-order chi connectivity index (χ0) is 30.7. The third-order valence-electron chi connectivity index (χ3n) is 7.74. The van der Waals surface area contributed by atoms with E-state index in [9.17, 15) is 23.2 Å². The Balaban J connectivity index is 1.21. The number of halogens is 4. The summed E-state index contributed by atoms with van der Waals surface area (Å²) in [5.74, 6) is -2.18. The van der Waals surface area contributed by atoms with Crippen molar-refractivity contribution in [1.29, 1.82) is 0 Å². The van der Waals surface area contributed by atoms with Crippen LogP contribution in [0.2, 0.25) is 10.0 Å². The highest BCUT2D eigenvalue weighted by Crippen LogP contribution is 2.35. The number of piperidine rings is 1. The van der Waals surface area contributed by atoms with Gasteiger partial charge in [-0.25, -0.2) is 13.8 Å². The summed E-state index contributed by atoms with van der Waals surface area (Å²) in [6.07, 6.45) is 3.43. The number of carbonyl (C=O) groups is 3. The summed E-state index contributed by atoms with van der Waals surface area (Å²) in [4.78, 5) is 44.6. The molecule has 3 heterocycles. The van der Waals surface area contributed by atoms with Gasteiger partial charge in [0.1, 0.15) is 0 Å². The van der Waals surface area contributed by atoms with E-state index in [1.165, 1.54) is 29.0 Å². The smallest absolute Gasteiger partial charge is 0.291 e. The van der Waals surface area contributed by atoms with Crippen molar-refractivity contribution in [1.82, 2.24) is 25.1 Å². The second kappa shape index (κ2) is 13.3. The van der Waals surface area contributed by atoms with Crippen LogP contribution in [0.25, 0.3) is 11.3 Å². The number of amides is 3. The molecular formula is C29H30Cl2F2N6O4. The van der Waals surface area contributed by atoms with Gasteiger partial charge in [0.15, 0.2) is 17.4 Å². The number of anilines is 1. The fourth-order valence-corrected chi connectivity index (χ4v) is 5.85. The van der Waals surface area contributed by atoms with Crippen molar-refractivity contribution in [2.24, 2.45) is 13.0 Å². The van der Waals surface area contributed by atoms with E-state index in [0.29, 0.717) is 37.3 Å². The SMILES string of the molecule is Cn1c(-c2ccc(OCF)c(F)c2Cl)cnc1C(=O)Nc1ccc(C(=O)N2CCC(C(=O)N[C@H]3CCNC3)CC2)c(Cl)c1. The molecule has 2 aliphatic rings. The number of alkyl halides is 1. The highest BCUT2D eigenvalue weighted by atomic mass is 35.5. The molecule has 1 atom stereocenters. The second-order valence-electron chi connectivity index (χ2n) is 10.4. The first-order valence-electron chi connectivity index (χ1n) is 13.8. The van der Waals surface area contributed by atoms with Gasteiger partial charge in [-0.2, -0.15) is 0 Å². The summed E-state index contributed by atoms with van der Waals surface area (Å²) in [7, 11) is 1.56. The molecule has 2 saturated heterocycles. The van der Waals surface area contributed by atoms with Crippen LogP contribution < -0.4 is 20.7 Å². The second-order valence-corrected chi connectivity index (χ2v) is 11.2. The largest absolute Gasteiger partial charge is 0.460 e. The number of benzene rings is 2. The maximum absolute atomic E-state index is 14.5. The van der Waals surface area contributed by atoms with Crippen molar-refractivity contribution >= 4 is 46.6 Å². The molecule has 3 aromatic rings. The Kier molecular flexibility index (Phi) is 9.48. The average Bonchev–Trinajstić information content (AvgIpc) is 3.65. The molecule has 0 radical (unpaired) electrons. The van der Waals surface area contributed by atoms with E-state index >= 15 is 0 Å². The third-order valence-corrected chi connectivity index (χ3v) is 8.42. The van der Waals surface area contributed by atoms with Crippen molar-refractivity contribution < 1.29 is 27.9 Å². The van der Waals surface area contributed by atoms with Gasteiger partial charge in [-0.1, -0.05) is 23.2 Å². The van der Waals surface area contributed by atoms with Crippen molar-refractivity contribution in [3.63, 3.8) is 0 Å². The molecule has 10 nitrogen and oxygen atoms in total. The molecule has 1 aromatic heterocycles. The van der Waals surface area contributed by atoms with E-state index in [0.717, 1.165) is 19.5 Å². The monoisotopic (exact) mass is 634 g/mol. The van der Waals surface area contributed by atoms with Gasteiger partial charge in [-0.3, -0.25) is 14.4 Å². The average molecular weight is 635 g/mol. The number of nitrogens with one attached hydrogen (secondary N) is 3. The van der Waals surface area contributed by atoms with Gasteiger partial charge in [-0.05, 0) is 56.1 Å². The fourth-order valence-electron chi connectivity index (χ4n) is 5.34. The molecule has 43 heavy (non-hydrogen) atoms. The molecule has 5 rings (SSSR count). The molecule has 0 unspecified atom stereocenters. The van der Waals surface area contributed by atoms with Crippen LogP contribution in [0.15, 0.2) is 36.5 Å². The van der Waals surface area contributed by atoms with Crippen molar-refractivity contribution in [2.75, 3.05) is 38.4 Å². The van der Waals surface area contributed by atoms with Crippen LogP contribution in [0, 0.1) is 11.7 Å². The topological polar surface area (TPSA) is 118 Å². The van der Waals surface area contributed by atoms with Gasteiger partial charge < -0.3 is 30.2 Å². The van der Waals surface area contributed by atoms with Crippen LogP contribution in [-0.2, 0) is 11.8 Å². The number of rotatable bonds is 8. The predicted molar refractivity (Wildman–Crippen MR) is 158 cm³/mol. The fraction of sp³-hybridized carbons (Fsp3) is 0.379. The van der Waals surface area contributed by atoms with Crippen LogP contribution in [0.4, 0.5) is 14.5 Å². The molecule has 0 saturated carbocycles. The Morgan fingerprint density at radius 3 is 2.58 bits per heavy atom. The summed E-state index contributed by atoms with van der Waals surface area (Å²) in [6, 6.07) is 7.42. The van der Waals surface area contributed by atoms with Crippen LogP contribution in [0.5, 0.6) is 5.75 Å². The van der Waals surface area contributed by atoms with E-state index < -0.39 is 18.6 Å².